The lowest BCUT2D eigenvalue weighted by Crippen LogP contribution is -2.24. The fourth-order valence-corrected chi connectivity index (χ4v) is 0.866. The first kappa shape index (κ1) is 6.36. The van der Waals surface area contributed by atoms with Crippen LogP contribution in [0.3, 0.4) is 0 Å². The van der Waals surface area contributed by atoms with E-state index in [-0.39, 0.29) is 0 Å². The van der Waals surface area contributed by atoms with Crippen LogP contribution in [0.1, 0.15) is 0 Å². The molecule has 2 N–H and O–H groups in total. The average Bonchev–Trinajstić information content (AvgIpc) is 1.89. The maximum Gasteiger partial charge on any atom is 0.0356 e. The lowest BCUT2D eigenvalue weighted by molar-refractivity contribution is 0.451. The van der Waals surface area contributed by atoms with Gasteiger partial charge in [0.05, 0.1) is 0 Å². The van der Waals surface area contributed by atoms with Gasteiger partial charge in [-0.25, -0.2) is 0 Å². The Hall–Kier alpha value is -0.760. The molecule has 2 heteroatoms. The second-order valence-electron chi connectivity index (χ2n) is 2.17. The van der Waals surface area contributed by atoms with Crippen LogP contribution in [-0.4, -0.2) is 25.0 Å². The van der Waals surface area contributed by atoms with Gasteiger partial charge in [0, 0.05) is 25.8 Å². The Morgan fingerprint density at radius 1 is 1.78 bits per heavy atom. The highest BCUT2D eigenvalue weighted by atomic mass is 15.1. The summed E-state index contributed by atoms with van der Waals surface area (Å²) in [6.45, 7) is 1.63. The van der Waals surface area contributed by atoms with Gasteiger partial charge in [-0.15, -0.1) is 0 Å². The molecular weight excluding hydrogens is 112 g/mol. The smallest absolute Gasteiger partial charge is 0.0356 e. The third-order valence-electron chi connectivity index (χ3n) is 1.50. The van der Waals surface area contributed by atoms with Gasteiger partial charge in [-0.05, 0) is 6.08 Å². The van der Waals surface area contributed by atoms with Crippen molar-refractivity contribution in [2.24, 2.45) is 5.73 Å². The van der Waals surface area contributed by atoms with E-state index in [0.29, 0.717) is 6.54 Å². The molecule has 0 aromatic rings. The van der Waals surface area contributed by atoms with E-state index in [2.05, 4.69) is 11.0 Å². The standard InChI is InChI=1S/C7H12N2/c1-9-5-3-2-4-7(9)6-8/h2-4H,5-6,8H2,1H3. The van der Waals surface area contributed by atoms with Gasteiger partial charge < -0.3 is 10.6 Å². The number of hydrogen-bond acceptors (Lipinski definition) is 2. The van der Waals surface area contributed by atoms with Crippen LogP contribution in [0.5, 0.6) is 0 Å². The van der Waals surface area contributed by atoms with Gasteiger partial charge in [-0.2, -0.15) is 0 Å². The number of nitrogens with zero attached hydrogens (tertiary/aromatic N) is 1. The Morgan fingerprint density at radius 2 is 2.56 bits per heavy atom. The van der Waals surface area contributed by atoms with Crippen LogP contribution in [0.15, 0.2) is 23.9 Å². The molecule has 50 valence electrons. The number of rotatable bonds is 1. The fraction of sp³-hybridized carbons (Fsp3) is 0.429. The summed E-state index contributed by atoms with van der Waals surface area (Å²) in [6.07, 6.45) is 6.20. The third-order valence-corrected chi connectivity index (χ3v) is 1.50. The molecule has 1 aliphatic heterocycles. The molecule has 0 saturated carbocycles. The van der Waals surface area contributed by atoms with Gasteiger partial charge in [0.15, 0.2) is 0 Å². The highest BCUT2D eigenvalue weighted by molar-refractivity contribution is 5.17. The highest BCUT2D eigenvalue weighted by Crippen LogP contribution is 2.03. The zero-order chi connectivity index (χ0) is 6.69. The van der Waals surface area contributed by atoms with E-state index < -0.39 is 0 Å². The van der Waals surface area contributed by atoms with Crippen molar-refractivity contribution < 1.29 is 0 Å². The lowest BCUT2D eigenvalue weighted by Gasteiger charge is -2.21. The Labute approximate surface area is 55.6 Å². The van der Waals surface area contributed by atoms with Crippen molar-refractivity contribution in [1.29, 1.82) is 0 Å². The number of nitrogens with two attached hydrogens (primary N) is 1. The first-order chi connectivity index (χ1) is 4.34. The number of likely N-dealkylation sites (N-methyl/N-ethyl adjacent to an activating group) is 1. The van der Waals surface area contributed by atoms with Crippen LogP contribution in [0, 0.1) is 0 Å². The summed E-state index contributed by atoms with van der Waals surface area (Å²) in [4.78, 5) is 2.14. The van der Waals surface area contributed by atoms with E-state index in [4.69, 9.17) is 5.73 Å². The molecule has 9 heavy (non-hydrogen) atoms. The Bertz CT molecular complexity index is 147. The predicted octanol–water partition coefficient (Wildman–Crippen LogP) is 0.331. The SMILES string of the molecule is CN1CC=CC=C1CN. The Morgan fingerprint density at radius 3 is 3.00 bits per heavy atom. The predicted molar refractivity (Wildman–Crippen MR) is 38.9 cm³/mol. The Kier molecular flexibility index (Phi) is 1.90. The zero-order valence-electron chi connectivity index (χ0n) is 5.67. The van der Waals surface area contributed by atoms with Crippen molar-refractivity contribution in [2.45, 2.75) is 0 Å². The van der Waals surface area contributed by atoms with Gasteiger partial charge in [-0.3, -0.25) is 0 Å². The molecule has 0 spiro atoms. The van der Waals surface area contributed by atoms with Crippen LogP contribution >= 0.6 is 0 Å². The fourth-order valence-electron chi connectivity index (χ4n) is 0.866. The molecule has 0 amide bonds. The van der Waals surface area contributed by atoms with Crippen molar-refractivity contribution in [1.82, 2.24) is 4.90 Å². The summed E-state index contributed by atoms with van der Waals surface area (Å²) in [5.41, 5.74) is 6.66. The van der Waals surface area contributed by atoms with Crippen molar-refractivity contribution in [3.8, 4) is 0 Å². The molecule has 0 radical (unpaired) electrons. The third kappa shape index (κ3) is 1.33. The lowest BCUT2D eigenvalue weighted by atomic mass is 10.2. The molecule has 1 rings (SSSR count). The summed E-state index contributed by atoms with van der Waals surface area (Å²) in [5, 5.41) is 0. The van der Waals surface area contributed by atoms with Crippen molar-refractivity contribution in [2.75, 3.05) is 20.1 Å². The maximum absolute atomic E-state index is 5.45. The van der Waals surface area contributed by atoms with E-state index in [0.717, 1.165) is 6.54 Å². The summed E-state index contributed by atoms with van der Waals surface area (Å²) in [7, 11) is 2.04. The average molecular weight is 124 g/mol. The van der Waals surface area contributed by atoms with E-state index in [1.54, 1.807) is 0 Å². The van der Waals surface area contributed by atoms with E-state index in [1.165, 1.54) is 5.70 Å². The molecule has 1 heterocycles. The van der Waals surface area contributed by atoms with Crippen LogP contribution in [0.2, 0.25) is 0 Å². The molecule has 0 saturated heterocycles. The van der Waals surface area contributed by atoms with Crippen molar-refractivity contribution >= 4 is 0 Å². The minimum atomic E-state index is 0.640. The Balaban J connectivity index is 2.63. The molecule has 0 unspecified atom stereocenters. The second kappa shape index (κ2) is 2.69. The number of allylic oxidation sites excluding steroid dienone is 2. The summed E-state index contributed by atoms with van der Waals surface area (Å²) in [5.74, 6) is 0. The minimum Gasteiger partial charge on any atom is -0.373 e. The van der Waals surface area contributed by atoms with Crippen LogP contribution in [0.25, 0.3) is 0 Å². The second-order valence-corrected chi connectivity index (χ2v) is 2.17. The summed E-state index contributed by atoms with van der Waals surface area (Å²) >= 11 is 0. The van der Waals surface area contributed by atoms with Crippen LogP contribution in [0.4, 0.5) is 0 Å². The molecule has 0 fully saturated rings. The summed E-state index contributed by atoms with van der Waals surface area (Å²) < 4.78 is 0. The van der Waals surface area contributed by atoms with E-state index in [1.807, 2.05) is 19.2 Å². The molecule has 0 aromatic heterocycles. The maximum atomic E-state index is 5.45. The molecule has 2 nitrogen and oxygen atoms in total. The quantitative estimate of drug-likeness (QED) is 0.546. The summed E-state index contributed by atoms with van der Waals surface area (Å²) in [6, 6.07) is 0. The first-order valence-corrected chi connectivity index (χ1v) is 3.11. The van der Waals surface area contributed by atoms with Gasteiger partial charge in [0.25, 0.3) is 0 Å². The van der Waals surface area contributed by atoms with Gasteiger partial charge in [0.2, 0.25) is 0 Å². The van der Waals surface area contributed by atoms with Crippen LogP contribution in [-0.2, 0) is 0 Å². The first-order valence-electron chi connectivity index (χ1n) is 3.11. The molecule has 1 aliphatic rings. The molecule has 0 bridgehead atoms. The molecule has 0 aliphatic carbocycles. The van der Waals surface area contributed by atoms with Crippen molar-refractivity contribution in [3.05, 3.63) is 23.9 Å². The van der Waals surface area contributed by atoms with Crippen LogP contribution < -0.4 is 5.73 Å². The van der Waals surface area contributed by atoms with Crippen molar-refractivity contribution in [3.63, 3.8) is 0 Å². The highest BCUT2D eigenvalue weighted by Gasteiger charge is 2.00. The molecule has 0 atom stereocenters. The van der Waals surface area contributed by atoms with E-state index in [9.17, 15) is 0 Å². The van der Waals surface area contributed by atoms with E-state index >= 15 is 0 Å². The monoisotopic (exact) mass is 124 g/mol. The molecular formula is C7H12N2. The topological polar surface area (TPSA) is 29.3 Å². The normalized spacial score (nSPS) is 18.0. The van der Waals surface area contributed by atoms with Gasteiger partial charge in [0.1, 0.15) is 0 Å². The number of hydrogen-bond donors (Lipinski definition) is 1. The molecule has 0 aromatic carbocycles. The van der Waals surface area contributed by atoms with Gasteiger partial charge in [-0.1, -0.05) is 12.2 Å². The minimum absolute atomic E-state index is 0.640. The largest absolute Gasteiger partial charge is 0.373 e. The zero-order valence-corrected chi connectivity index (χ0v) is 5.67. The van der Waals surface area contributed by atoms with Gasteiger partial charge >= 0.3 is 0 Å².